The lowest BCUT2D eigenvalue weighted by atomic mass is 10.2. The van der Waals surface area contributed by atoms with Crippen molar-refractivity contribution in [3.63, 3.8) is 0 Å². The number of carbonyl (C=O) groups is 1. The first-order valence-corrected chi connectivity index (χ1v) is 8.04. The molecular weight excluding hydrogens is 308 g/mol. The van der Waals surface area contributed by atoms with Gasteiger partial charge in [0.25, 0.3) is 10.0 Å². The van der Waals surface area contributed by atoms with Gasteiger partial charge < -0.3 is 4.74 Å². The Bertz CT molecular complexity index is 753. The lowest BCUT2D eigenvalue weighted by Gasteiger charge is -2.05. The van der Waals surface area contributed by atoms with Crippen LogP contribution in [0.2, 0.25) is 0 Å². The van der Waals surface area contributed by atoms with Gasteiger partial charge in [0.05, 0.1) is 17.7 Å². The summed E-state index contributed by atoms with van der Waals surface area (Å²) in [5.41, 5.74) is 0.958. The fourth-order valence-electron chi connectivity index (χ4n) is 1.68. The van der Waals surface area contributed by atoms with Crippen molar-refractivity contribution < 1.29 is 17.9 Å². The number of anilines is 1. The second-order valence-electron chi connectivity index (χ2n) is 4.52. The number of esters is 1. The lowest BCUT2D eigenvalue weighted by Crippen LogP contribution is -2.14. The van der Waals surface area contributed by atoms with Crippen LogP contribution in [-0.4, -0.2) is 36.0 Å². The van der Waals surface area contributed by atoms with Crippen molar-refractivity contribution in [1.29, 1.82) is 0 Å². The fourth-order valence-corrected chi connectivity index (χ4v) is 2.66. The van der Waals surface area contributed by atoms with Crippen LogP contribution in [-0.2, 0) is 26.1 Å². The third kappa shape index (κ3) is 4.04. The molecule has 1 N–H and O–H groups in total. The third-order valence-electron chi connectivity index (χ3n) is 2.71. The molecule has 0 amide bonds. The molecule has 0 unspecified atom stereocenters. The van der Waals surface area contributed by atoms with Crippen LogP contribution in [0.25, 0.3) is 0 Å². The Morgan fingerprint density at radius 3 is 2.64 bits per heavy atom. The molecule has 0 fully saturated rings. The molecule has 1 aromatic carbocycles. The zero-order chi connectivity index (χ0) is 16.2. The second-order valence-corrected chi connectivity index (χ2v) is 6.21. The smallest absolute Gasteiger partial charge is 0.327 e. The van der Waals surface area contributed by atoms with Crippen molar-refractivity contribution in [3.8, 4) is 0 Å². The number of nitrogens with one attached hydrogen (secondary N) is 1. The van der Waals surface area contributed by atoms with E-state index in [0.29, 0.717) is 0 Å². The van der Waals surface area contributed by atoms with Crippen LogP contribution in [0.15, 0.2) is 35.4 Å². The molecule has 1 aromatic heterocycles. The van der Waals surface area contributed by atoms with Crippen LogP contribution in [0.3, 0.4) is 0 Å². The van der Waals surface area contributed by atoms with Gasteiger partial charge in [-0.1, -0.05) is 22.9 Å². The zero-order valence-corrected chi connectivity index (χ0v) is 13.0. The normalized spacial score (nSPS) is 11.2. The minimum Gasteiger partial charge on any atom is -0.465 e. The number of carbonyl (C=O) groups excluding carboxylic acids is 1. The molecule has 9 heteroatoms. The molecule has 118 valence electrons. The highest BCUT2D eigenvalue weighted by Gasteiger charge is 2.16. The van der Waals surface area contributed by atoms with Crippen LogP contribution >= 0.6 is 0 Å². The summed E-state index contributed by atoms with van der Waals surface area (Å²) in [7, 11) is -3.74. The highest BCUT2D eigenvalue weighted by molar-refractivity contribution is 7.92. The Morgan fingerprint density at radius 1 is 1.32 bits per heavy atom. The Kier molecular flexibility index (Phi) is 4.76. The first kappa shape index (κ1) is 16.0. The first-order valence-electron chi connectivity index (χ1n) is 6.56. The van der Waals surface area contributed by atoms with Gasteiger partial charge in [0, 0.05) is 0 Å². The van der Waals surface area contributed by atoms with E-state index in [0.717, 1.165) is 5.56 Å². The van der Waals surface area contributed by atoms with Gasteiger partial charge in [0.1, 0.15) is 6.54 Å². The molecule has 0 bridgehead atoms. The van der Waals surface area contributed by atoms with E-state index in [2.05, 4.69) is 15.0 Å². The minimum absolute atomic E-state index is 0.0323. The molecule has 2 rings (SSSR count). The molecule has 0 spiro atoms. The van der Waals surface area contributed by atoms with E-state index in [4.69, 9.17) is 4.74 Å². The molecule has 0 aliphatic heterocycles. The number of aryl methyl sites for hydroxylation is 1. The summed E-state index contributed by atoms with van der Waals surface area (Å²) in [6, 6.07) is 6.40. The summed E-state index contributed by atoms with van der Waals surface area (Å²) in [6.07, 6.45) is 1.32. The van der Waals surface area contributed by atoms with Gasteiger partial charge in [0.2, 0.25) is 0 Å². The second kappa shape index (κ2) is 6.56. The Labute approximate surface area is 128 Å². The summed E-state index contributed by atoms with van der Waals surface area (Å²) in [6.45, 7) is 3.69. The molecule has 0 atom stereocenters. The van der Waals surface area contributed by atoms with E-state index in [-0.39, 0.29) is 23.9 Å². The third-order valence-corrected chi connectivity index (χ3v) is 4.08. The molecule has 2 aromatic rings. The van der Waals surface area contributed by atoms with E-state index in [1.807, 2.05) is 6.92 Å². The number of rotatable bonds is 6. The van der Waals surface area contributed by atoms with E-state index < -0.39 is 16.0 Å². The number of hydrogen-bond donors (Lipinski definition) is 1. The van der Waals surface area contributed by atoms with E-state index in [1.54, 1.807) is 19.1 Å². The van der Waals surface area contributed by atoms with Crippen molar-refractivity contribution in [2.75, 3.05) is 11.3 Å². The molecular formula is C13H16N4O4S. The molecule has 0 saturated carbocycles. The van der Waals surface area contributed by atoms with Crippen molar-refractivity contribution >= 4 is 21.8 Å². The lowest BCUT2D eigenvalue weighted by molar-refractivity contribution is -0.144. The quantitative estimate of drug-likeness (QED) is 0.794. The summed E-state index contributed by atoms with van der Waals surface area (Å²) >= 11 is 0. The summed E-state index contributed by atoms with van der Waals surface area (Å²) in [5.74, 6) is -0.440. The van der Waals surface area contributed by atoms with Gasteiger partial charge in [-0.2, -0.15) is 0 Å². The molecule has 0 radical (unpaired) electrons. The first-order chi connectivity index (χ1) is 10.4. The molecule has 0 aliphatic rings. The molecule has 8 nitrogen and oxygen atoms in total. The molecule has 0 aliphatic carbocycles. The van der Waals surface area contributed by atoms with Crippen LogP contribution in [0.4, 0.5) is 5.82 Å². The maximum Gasteiger partial charge on any atom is 0.327 e. The number of nitrogens with zero attached hydrogens (tertiary/aromatic N) is 3. The van der Waals surface area contributed by atoms with E-state index in [9.17, 15) is 13.2 Å². The number of benzene rings is 1. The number of aromatic nitrogens is 3. The van der Waals surface area contributed by atoms with E-state index in [1.165, 1.54) is 23.0 Å². The van der Waals surface area contributed by atoms with Crippen LogP contribution < -0.4 is 4.72 Å². The van der Waals surface area contributed by atoms with Crippen molar-refractivity contribution in [1.82, 2.24) is 15.0 Å². The Balaban J connectivity index is 2.09. The number of ether oxygens (including phenoxy) is 1. The van der Waals surface area contributed by atoms with Crippen LogP contribution in [0.5, 0.6) is 0 Å². The van der Waals surface area contributed by atoms with Crippen molar-refractivity contribution in [2.24, 2.45) is 0 Å². The van der Waals surface area contributed by atoms with E-state index >= 15 is 0 Å². The van der Waals surface area contributed by atoms with Gasteiger partial charge in [-0.3, -0.25) is 9.52 Å². The molecule has 1 heterocycles. The zero-order valence-electron chi connectivity index (χ0n) is 12.2. The molecule has 0 saturated heterocycles. The van der Waals surface area contributed by atoms with Gasteiger partial charge in [-0.15, -0.1) is 5.10 Å². The highest BCUT2D eigenvalue weighted by Crippen LogP contribution is 2.14. The summed E-state index contributed by atoms with van der Waals surface area (Å²) < 4.78 is 32.6. The van der Waals surface area contributed by atoms with Crippen molar-refractivity contribution in [2.45, 2.75) is 25.3 Å². The maximum absolute atomic E-state index is 12.2. The van der Waals surface area contributed by atoms with Gasteiger partial charge >= 0.3 is 5.97 Å². The average molecular weight is 324 g/mol. The van der Waals surface area contributed by atoms with Gasteiger partial charge in [-0.05, 0) is 26.0 Å². The number of hydrogen-bond acceptors (Lipinski definition) is 6. The van der Waals surface area contributed by atoms with Gasteiger partial charge in [0.15, 0.2) is 5.82 Å². The average Bonchev–Trinajstić information content (AvgIpc) is 2.85. The monoisotopic (exact) mass is 324 g/mol. The summed E-state index contributed by atoms with van der Waals surface area (Å²) in [4.78, 5) is 11.4. The predicted octanol–water partition coefficient (Wildman–Crippen LogP) is 0.950. The number of sulfonamides is 1. The maximum atomic E-state index is 12.2. The fraction of sp³-hybridized carbons (Fsp3) is 0.308. The topological polar surface area (TPSA) is 103 Å². The van der Waals surface area contributed by atoms with Crippen LogP contribution in [0.1, 0.15) is 12.5 Å². The van der Waals surface area contributed by atoms with Crippen LogP contribution in [0, 0.1) is 6.92 Å². The van der Waals surface area contributed by atoms with Crippen molar-refractivity contribution in [3.05, 3.63) is 36.0 Å². The minimum atomic E-state index is -3.74. The standard InChI is InChI=1S/C13H16N4O4S/c1-3-21-13(18)9-17-8-12(14-16-17)15-22(19,20)11-6-4-10(2)5-7-11/h4-8,15H,3,9H2,1-2H3. The molecule has 22 heavy (non-hydrogen) atoms. The Morgan fingerprint density at radius 2 is 2.00 bits per heavy atom. The largest absolute Gasteiger partial charge is 0.465 e. The SMILES string of the molecule is CCOC(=O)Cn1cc(NS(=O)(=O)c2ccc(C)cc2)nn1. The Hall–Kier alpha value is -2.42. The highest BCUT2D eigenvalue weighted by atomic mass is 32.2. The predicted molar refractivity (Wildman–Crippen MR) is 78.6 cm³/mol. The van der Waals surface area contributed by atoms with Gasteiger partial charge in [-0.25, -0.2) is 13.1 Å². The summed E-state index contributed by atoms with van der Waals surface area (Å²) in [5, 5.41) is 7.34.